The molecule has 2 aliphatic carbocycles. The van der Waals surface area contributed by atoms with Crippen LogP contribution < -0.4 is 24.8 Å². The molecular formula is C30H36Cl2HfSi-2. The maximum atomic E-state index is 3.41. The number of benzene rings is 2. The normalized spacial score (nSPS) is 17.8. The molecule has 2 aromatic carbocycles. The zero-order valence-electron chi connectivity index (χ0n) is 21.7. The van der Waals surface area contributed by atoms with Crippen LogP contribution >= 0.6 is 0 Å². The Morgan fingerprint density at radius 2 is 1.00 bits per heavy atom. The number of rotatable bonds is 2. The summed E-state index contributed by atoms with van der Waals surface area (Å²) in [5, 5.41) is 0. The fourth-order valence-electron chi connectivity index (χ4n) is 3.92. The average Bonchev–Trinajstić information content (AvgIpc) is 3.22. The molecule has 0 N–H and O–H groups in total. The van der Waals surface area contributed by atoms with Gasteiger partial charge in [0.15, 0.2) is 0 Å². The molecule has 0 aliphatic heterocycles. The van der Waals surface area contributed by atoms with Gasteiger partial charge in [-0.3, -0.25) is 12.2 Å². The maximum absolute atomic E-state index is 3.41. The topological polar surface area (TPSA) is 0 Å². The summed E-state index contributed by atoms with van der Waals surface area (Å²) in [6.45, 7) is 17.5. The minimum absolute atomic E-state index is 0. The van der Waals surface area contributed by atoms with E-state index < -0.39 is 0 Å². The van der Waals surface area contributed by atoms with Crippen molar-refractivity contribution in [2.75, 3.05) is 0 Å². The molecule has 180 valence electrons. The largest absolute Gasteiger partial charge is 1.00 e. The van der Waals surface area contributed by atoms with Gasteiger partial charge in [0.1, 0.15) is 0 Å². The fraction of sp³-hybridized carbons (Fsp3) is 0.333. The molecule has 0 spiro atoms. The van der Waals surface area contributed by atoms with Crippen LogP contribution in [0.5, 0.6) is 0 Å². The number of allylic oxidation sites excluding steroid dienone is 8. The van der Waals surface area contributed by atoms with Crippen LogP contribution in [0.15, 0.2) is 71.8 Å². The third-order valence-electron chi connectivity index (χ3n) is 5.19. The van der Waals surface area contributed by atoms with Crippen LogP contribution in [0, 0.1) is 37.8 Å². The van der Waals surface area contributed by atoms with Crippen molar-refractivity contribution in [1.82, 2.24) is 0 Å². The van der Waals surface area contributed by atoms with Crippen LogP contribution in [0.1, 0.15) is 49.9 Å². The Balaban J connectivity index is 0.000000528. The smallest absolute Gasteiger partial charge is 1.00 e. The standard InChI is InChI=1S/2C14H15.C2H6Si.2ClH.Hf/c2*1-10-5-4-6-13(8-10)14-9-11(2)7-12(14)3;1-3-2;;;/h2*4-6,8-9,11H,1-3H3;1-2H3;2*1H;/q2*-1;;;;+2/p-2. The van der Waals surface area contributed by atoms with Crippen LogP contribution in [-0.2, 0) is 23.0 Å². The summed E-state index contributed by atoms with van der Waals surface area (Å²) < 4.78 is 0. The van der Waals surface area contributed by atoms with Crippen molar-refractivity contribution in [2.45, 2.75) is 54.6 Å². The quantitative estimate of drug-likeness (QED) is 0.340. The van der Waals surface area contributed by atoms with E-state index in [0.29, 0.717) is 11.8 Å². The zero-order valence-corrected chi connectivity index (χ0v) is 27.8. The first-order chi connectivity index (χ1) is 15.1. The van der Waals surface area contributed by atoms with E-state index in [4.69, 9.17) is 0 Å². The zero-order chi connectivity index (χ0) is 23.8. The van der Waals surface area contributed by atoms with E-state index in [1.807, 2.05) is 0 Å². The summed E-state index contributed by atoms with van der Waals surface area (Å²) >= 11 is 1.45. The molecule has 2 unspecified atom stereocenters. The summed E-state index contributed by atoms with van der Waals surface area (Å²) in [6, 6.07) is 17.3. The molecular weight excluding hydrogens is 638 g/mol. The molecule has 4 heteroatoms. The predicted octanol–water partition coefficient (Wildman–Crippen LogP) is 2.35. The van der Waals surface area contributed by atoms with Gasteiger partial charge in [-0.25, -0.2) is 11.1 Å². The molecule has 0 heterocycles. The van der Waals surface area contributed by atoms with E-state index in [-0.39, 0.29) is 30.3 Å². The minimum Gasteiger partial charge on any atom is -1.00 e. The summed E-state index contributed by atoms with van der Waals surface area (Å²) in [7, 11) is 0. The molecule has 0 bridgehead atoms. The Labute approximate surface area is 235 Å². The van der Waals surface area contributed by atoms with Crippen LogP contribution in [0.2, 0.25) is 13.1 Å². The van der Waals surface area contributed by atoms with Gasteiger partial charge >= 0.3 is 41.6 Å². The van der Waals surface area contributed by atoms with Crippen molar-refractivity contribution in [3.8, 4) is 0 Å². The van der Waals surface area contributed by atoms with Gasteiger partial charge in [-0.1, -0.05) is 99.2 Å². The Morgan fingerprint density at radius 3 is 1.24 bits per heavy atom. The van der Waals surface area contributed by atoms with Crippen molar-refractivity contribution >= 4 is 16.6 Å². The van der Waals surface area contributed by atoms with Crippen LogP contribution in [0.4, 0.5) is 0 Å². The van der Waals surface area contributed by atoms with Crippen molar-refractivity contribution in [1.29, 1.82) is 0 Å². The SMILES string of the molecule is CC1=[C-]C(C)C=C1c1cccc(C)c1.CC1=[C-]C(C)C=C1c1cccc(C)c1.C[Si](C)=[Hf+2].[Cl-].[Cl-]. The Bertz CT molecular complexity index is 1010. The Kier molecular flexibility index (Phi) is 15.5. The third-order valence-corrected chi connectivity index (χ3v) is 5.19. The molecule has 2 aliphatic rings. The van der Waals surface area contributed by atoms with Gasteiger partial charge in [0.25, 0.3) is 0 Å². The molecule has 2 aromatic rings. The molecule has 0 nitrogen and oxygen atoms in total. The summed E-state index contributed by atoms with van der Waals surface area (Å²) in [5.41, 5.74) is 10.8. The molecule has 34 heavy (non-hydrogen) atoms. The van der Waals surface area contributed by atoms with E-state index in [1.54, 1.807) is 0 Å². The van der Waals surface area contributed by atoms with Gasteiger partial charge in [0.05, 0.1) is 0 Å². The van der Waals surface area contributed by atoms with E-state index in [2.05, 4.69) is 127 Å². The van der Waals surface area contributed by atoms with Gasteiger partial charge in [0, 0.05) is 0 Å². The molecule has 4 rings (SSSR count). The molecule has 0 aromatic heterocycles. The van der Waals surface area contributed by atoms with Crippen LogP contribution in [0.3, 0.4) is 0 Å². The van der Waals surface area contributed by atoms with Crippen LogP contribution in [0.25, 0.3) is 11.1 Å². The van der Waals surface area contributed by atoms with E-state index >= 15 is 0 Å². The minimum atomic E-state index is 0. The number of hydrogen-bond acceptors (Lipinski definition) is 0. The molecule has 0 fully saturated rings. The van der Waals surface area contributed by atoms with Crippen LogP contribution in [-0.4, -0.2) is 5.49 Å². The molecule has 0 amide bonds. The molecule has 0 radical (unpaired) electrons. The predicted molar refractivity (Wildman–Crippen MR) is 139 cm³/mol. The number of aryl methyl sites for hydroxylation is 2. The fourth-order valence-corrected chi connectivity index (χ4v) is 3.92. The van der Waals surface area contributed by atoms with Gasteiger partial charge in [-0.05, 0) is 13.8 Å². The van der Waals surface area contributed by atoms with Crippen molar-refractivity contribution in [3.05, 3.63) is 106 Å². The van der Waals surface area contributed by atoms with Gasteiger partial charge < -0.3 is 24.8 Å². The molecule has 0 saturated carbocycles. The summed E-state index contributed by atoms with van der Waals surface area (Å²) in [5.74, 6) is 0.927. The van der Waals surface area contributed by atoms with Gasteiger partial charge in [-0.2, -0.15) is 23.3 Å². The Hall–Kier alpha value is -0.933. The van der Waals surface area contributed by atoms with E-state index in [1.165, 1.54) is 67.5 Å². The van der Waals surface area contributed by atoms with Crippen molar-refractivity contribution < 1.29 is 47.8 Å². The third kappa shape index (κ3) is 10.8. The van der Waals surface area contributed by atoms with Gasteiger partial charge in [-0.15, -0.1) is 11.1 Å². The molecule has 0 saturated heterocycles. The monoisotopic (exact) mass is 674 g/mol. The van der Waals surface area contributed by atoms with Crippen molar-refractivity contribution in [2.24, 2.45) is 11.8 Å². The number of halogens is 2. The van der Waals surface area contributed by atoms with Crippen molar-refractivity contribution in [3.63, 3.8) is 0 Å². The van der Waals surface area contributed by atoms with E-state index in [9.17, 15) is 0 Å². The Morgan fingerprint density at radius 1 is 0.676 bits per heavy atom. The first kappa shape index (κ1) is 33.1. The van der Waals surface area contributed by atoms with Gasteiger partial charge in [0.2, 0.25) is 0 Å². The number of hydrogen-bond donors (Lipinski definition) is 0. The molecule has 2 atom stereocenters. The second-order valence-corrected chi connectivity index (χ2v) is 21.8. The first-order valence-corrected chi connectivity index (χ1v) is 19.3. The first-order valence-electron chi connectivity index (χ1n) is 11.4. The summed E-state index contributed by atoms with van der Waals surface area (Å²) in [6.07, 6.45) is 11.4. The summed E-state index contributed by atoms with van der Waals surface area (Å²) in [4.78, 5) is 0. The maximum Gasteiger partial charge on any atom is -1.00 e. The van der Waals surface area contributed by atoms with E-state index in [0.717, 1.165) is 0 Å². The average molecular weight is 674 g/mol. The second kappa shape index (κ2) is 15.9. The second-order valence-electron chi connectivity index (χ2n) is 9.02.